The second-order valence-corrected chi connectivity index (χ2v) is 2.95. The largest absolute Gasteiger partial charge is 0.324 e. The molecule has 0 unspecified atom stereocenters. The lowest BCUT2D eigenvalue weighted by Crippen LogP contribution is -2.04. The van der Waals surface area contributed by atoms with Crippen molar-refractivity contribution in [3.8, 4) is 0 Å². The zero-order valence-electron chi connectivity index (χ0n) is 6.74. The van der Waals surface area contributed by atoms with E-state index in [9.17, 15) is 0 Å². The number of halogens is 1. The Labute approximate surface area is 79.7 Å². The van der Waals surface area contributed by atoms with Gasteiger partial charge in [0.25, 0.3) is 0 Å². The summed E-state index contributed by atoms with van der Waals surface area (Å²) in [4.78, 5) is 4.16. The van der Waals surface area contributed by atoms with E-state index in [1.807, 2.05) is 12.1 Å². The van der Waals surface area contributed by atoms with E-state index in [0.717, 1.165) is 0 Å². The molecule has 2 N–H and O–H groups in total. The van der Waals surface area contributed by atoms with Gasteiger partial charge in [-0.25, -0.2) is 4.98 Å². The van der Waals surface area contributed by atoms with Gasteiger partial charge >= 0.3 is 0 Å². The van der Waals surface area contributed by atoms with Crippen molar-refractivity contribution in [2.45, 2.75) is 6.54 Å². The summed E-state index contributed by atoms with van der Waals surface area (Å²) in [6.45, 7) is 0.272. The van der Waals surface area contributed by atoms with Crippen LogP contribution < -0.4 is 5.73 Å². The lowest BCUT2D eigenvalue weighted by Gasteiger charge is -1.99. The zero-order valence-corrected chi connectivity index (χ0v) is 7.49. The molecule has 0 fully saturated rings. The molecule has 0 spiro atoms. The normalized spacial score (nSPS) is 10.6. The average Bonchev–Trinajstić information content (AvgIpc) is 2.18. The Morgan fingerprint density at radius 1 is 1.31 bits per heavy atom. The van der Waals surface area contributed by atoms with Gasteiger partial charge in [-0.15, -0.1) is 10.2 Å². The summed E-state index contributed by atoms with van der Waals surface area (Å²) in [5.74, 6) is 0.501. The summed E-state index contributed by atoms with van der Waals surface area (Å²) in [5.41, 5.74) is 6.72. The first-order valence-corrected chi connectivity index (χ1v) is 4.17. The highest BCUT2D eigenvalue weighted by molar-refractivity contribution is 6.34. The van der Waals surface area contributed by atoms with Crippen molar-refractivity contribution in [3.63, 3.8) is 0 Å². The fourth-order valence-electron chi connectivity index (χ4n) is 1.04. The monoisotopic (exact) mass is 194 g/mol. The molecule has 0 amide bonds. The molecular weight excluding hydrogens is 188 g/mol. The maximum atomic E-state index is 5.91. The molecule has 66 valence electrons. The van der Waals surface area contributed by atoms with Gasteiger partial charge in [0, 0.05) is 0 Å². The van der Waals surface area contributed by atoms with Crippen LogP contribution in [0.2, 0.25) is 5.02 Å². The Balaban J connectivity index is 2.74. The zero-order chi connectivity index (χ0) is 9.26. The van der Waals surface area contributed by atoms with Crippen molar-refractivity contribution in [2.24, 2.45) is 5.73 Å². The molecule has 0 bridgehead atoms. The molecule has 0 saturated heterocycles. The summed E-state index contributed by atoms with van der Waals surface area (Å²) in [5, 5.41) is 8.33. The quantitative estimate of drug-likeness (QED) is 0.740. The molecule has 5 heteroatoms. The highest BCUT2D eigenvalue weighted by Crippen LogP contribution is 2.18. The Morgan fingerprint density at radius 3 is 2.92 bits per heavy atom. The van der Waals surface area contributed by atoms with E-state index in [-0.39, 0.29) is 6.54 Å². The summed E-state index contributed by atoms with van der Waals surface area (Å²) in [6, 6.07) is 5.38. The number of rotatable bonds is 1. The predicted octanol–water partition coefficient (Wildman–Crippen LogP) is 1.14. The summed E-state index contributed by atoms with van der Waals surface area (Å²) in [7, 11) is 0. The van der Waals surface area contributed by atoms with E-state index in [1.54, 1.807) is 6.07 Å². The maximum Gasteiger partial charge on any atom is 0.165 e. The van der Waals surface area contributed by atoms with Crippen LogP contribution in [0.1, 0.15) is 5.82 Å². The van der Waals surface area contributed by atoms with Crippen molar-refractivity contribution in [3.05, 3.63) is 29.0 Å². The Hall–Kier alpha value is -1.26. The minimum Gasteiger partial charge on any atom is -0.324 e. The van der Waals surface area contributed by atoms with Crippen LogP contribution in [0.25, 0.3) is 11.0 Å². The number of fused-ring (bicyclic) bond motifs is 1. The fraction of sp³-hybridized carbons (Fsp3) is 0.125. The first-order chi connectivity index (χ1) is 6.31. The minimum atomic E-state index is 0.272. The molecule has 13 heavy (non-hydrogen) atoms. The number of para-hydroxylation sites is 1. The molecule has 0 aliphatic carbocycles. The van der Waals surface area contributed by atoms with E-state index >= 15 is 0 Å². The molecule has 1 heterocycles. The molecule has 0 saturated carbocycles. The summed E-state index contributed by atoms with van der Waals surface area (Å²) < 4.78 is 0. The van der Waals surface area contributed by atoms with Crippen molar-refractivity contribution < 1.29 is 0 Å². The third kappa shape index (κ3) is 1.46. The van der Waals surface area contributed by atoms with Gasteiger partial charge in [-0.05, 0) is 12.1 Å². The number of hydrogen-bond donors (Lipinski definition) is 1. The van der Waals surface area contributed by atoms with Gasteiger partial charge < -0.3 is 5.73 Å². The van der Waals surface area contributed by atoms with E-state index in [4.69, 9.17) is 17.3 Å². The van der Waals surface area contributed by atoms with Gasteiger partial charge in [-0.1, -0.05) is 17.7 Å². The van der Waals surface area contributed by atoms with Crippen molar-refractivity contribution in [1.82, 2.24) is 15.2 Å². The fourth-order valence-corrected chi connectivity index (χ4v) is 1.26. The Kier molecular flexibility index (Phi) is 2.08. The molecule has 0 aliphatic heterocycles. The molecular formula is C8H7ClN4. The van der Waals surface area contributed by atoms with Crippen LogP contribution in [0.3, 0.4) is 0 Å². The van der Waals surface area contributed by atoms with Crippen LogP contribution in [0.15, 0.2) is 18.2 Å². The number of benzene rings is 1. The van der Waals surface area contributed by atoms with Gasteiger partial charge in [0.1, 0.15) is 11.0 Å². The minimum absolute atomic E-state index is 0.272. The molecule has 1 aromatic carbocycles. The average molecular weight is 195 g/mol. The van der Waals surface area contributed by atoms with Crippen LogP contribution in [0.4, 0.5) is 0 Å². The molecule has 0 radical (unpaired) electrons. The lowest BCUT2D eigenvalue weighted by molar-refractivity contribution is 0.859. The van der Waals surface area contributed by atoms with Crippen LogP contribution in [0, 0.1) is 0 Å². The number of aromatic nitrogens is 3. The van der Waals surface area contributed by atoms with Crippen LogP contribution >= 0.6 is 11.6 Å². The Morgan fingerprint density at radius 2 is 2.15 bits per heavy atom. The standard InChI is InChI=1S/C8H7ClN4/c9-5-2-1-3-6-8(5)11-7(4-10)13-12-6/h1-3H,4,10H2. The first kappa shape index (κ1) is 8.34. The second-order valence-electron chi connectivity index (χ2n) is 2.54. The number of nitrogens with two attached hydrogens (primary N) is 1. The van der Waals surface area contributed by atoms with Gasteiger partial charge in [0.05, 0.1) is 11.6 Å². The van der Waals surface area contributed by atoms with Gasteiger partial charge in [0.15, 0.2) is 5.82 Å². The number of hydrogen-bond acceptors (Lipinski definition) is 4. The second kappa shape index (κ2) is 3.24. The highest BCUT2D eigenvalue weighted by atomic mass is 35.5. The summed E-state index contributed by atoms with van der Waals surface area (Å²) in [6.07, 6.45) is 0. The molecule has 4 nitrogen and oxygen atoms in total. The van der Waals surface area contributed by atoms with E-state index in [1.165, 1.54) is 0 Å². The Bertz CT molecular complexity index is 443. The first-order valence-electron chi connectivity index (χ1n) is 3.79. The molecule has 1 aromatic heterocycles. The maximum absolute atomic E-state index is 5.91. The lowest BCUT2D eigenvalue weighted by atomic mass is 10.3. The van der Waals surface area contributed by atoms with Crippen LogP contribution in [-0.2, 0) is 6.54 Å². The van der Waals surface area contributed by atoms with Gasteiger partial charge in [-0.2, -0.15) is 0 Å². The van der Waals surface area contributed by atoms with Crippen molar-refractivity contribution >= 4 is 22.6 Å². The smallest absolute Gasteiger partial charge is 0.165 e. The van der Waals surface area contributed by atoms with E-state index < -0.39 is 0 Å². The van der Waals surface area contributed by atoms with Gasteiger partial charge in [-0.3, -0.25) is 0 Å². The van der Waals surface area contributed by atoms with E-state index in [2.05, 4.69) is 15.2 Å². The van der Waals surface area contributed by atoms with E-state index in [0.29, 0.717) is 21.9 Å². The highest BCUT2D eigenvalue weighted by Gasteiger charge is 2.02. The van der Waals surface area contributed by atoms with Gasteiger partial charge in [0.2, 0.25) is 0 Å². The molecule has 2 rings (SSSR count). The van der Waals surface area contributed by atoms with Crippen molar-refractivity contribution in [1.29, 1.82) is 0 Å². The van der Waals surface area contributed by atoms with Crippen LogP contribution in [0.5, 0.6) is 0 Å². The van der Waals surface area contributed by atoms with Crippen LogP contribution in [-0.4, -0.2) is 15.2 Å². The molecule has 0 atom stereocenters. The summed E-state index contributed by atoms with van der Waals surface area (Å²) >= 11 is 5.91. The molecule has 2 aromatic rings. The topological polar surface area (TPSA) is 64.7 Å². The number of nitrogens with zero attached hydrogens (tertiary/aromatic N) is 3. The SMILES string of the molecule is NCc1nnc2cccc(Cl)c2n1. The third-order valence-corrected chi connectivity index (χ3v) is 1.97. The molecule has 0 aliphatic rings. The third-order valence-electron chi connectivity index (χ3n) is 1.66. The predicted molar refractivity (Wildman–Crippen MR) is 50.2 cm³/mol. The van der Waals surface area contributed by atoms with Crippen molar-refractivity contribution in [2.75, 3.05) is 0 Å².